The molecule has 1 aromatic heterocycles. The van der Waals surface area contributed by atoms with E-state index in [1.807, 2.05) is 0 Å². The van der Waals surface area contributed by atoms with Crippen LogP contribution in [0.5, 0.6) is 0 Å². The Bertz CT molecular complexity index is 692. The van der Waals surface area contributed by atoms with Crippen LogP contribution in [-0.4, -0.2) is 43.6 Å². The highest BCUT2D eigenvalue weighted by Gasteiger charge is 2.59. The number of thiazole rings is 1. The molecule has 1 aromatic rings. The summed E-state index contributed by atoms with van der Waals surface area (Å²) in [5.41, 5.74) is 4.45. The third kappa shape index (κ3) is 2.29. The molecule has 1 saturated heterocycles. The zero-order valence-corrected chi connectivity index (χ0v) is 13.6. The number of carbonyl (C=O) groups is 2. The Morgan fingerprint density at radius 3 is 2.77 bits per heavy atom. The number of nitrogen functional groups attached to an aromatic ring is 1. The lowest BCUT2D eigenvalue weighted by Crippen LogP contribution is -2.65. The van der Waals surface area contributed by atoms with Gasteiger partial charge in [0, 0.05) is 11.3 Å². The van der Waals surface area contributed by atoms with E-state index >= 15 is 0 Å². The van der Waals surface area contributed by atoms with E-state index in [2.05, 4.69) is 4.98 Å². The molecule has 3 heterocycles. The minimum atomic E-state index is -1.17. The van der Waals surface area contributed by atoms with Crippen LogP contribution in [0.3, 0.4) is 0 Å². The molecule has 3 rings (SSSR count). The van der Waals surface area contributed by atoms with Gasteiger partial charge in [0.25, 0.3) is 0 Å². The topological polar surface area (TPSA) is 117 Å². The predicted molar refractivity (Wildman–Crippen MR) is 82.1 cm³/mol. The van der Waals surface area contributed by atoms with E-state index in [1.165, 1.54) is 34.2 Å². The molecule has 118 valence electrons. The highest BCUT2D eigenvalue weighted by molar-refractivity contribution is 8.04. The van der Waals surface area contributed by atoms with Crippen molar-refractivity contribution in [3.8, 4) is 0 Å². The van der Waals surface area contributed by atoms with Crippen molar-refractivity contribution >= 4 is 40.0 Å². The summed E-state index contributed by atoms with van der Waals surface area (Å²) in [6.45, 7) is 3.14. The van der Waals surface area contributed by atoms with Crippen molar-refractivity contribution in [2.75, 3.05) is 5.73 Å². The van der Waals surface area contributed by atoms with E-state index in [1.54, 1.807) is 13.8 Å². The average molecular weight is 341 g/mol. The SMILES string of the molecule is CC(C)(O)C1C(=O)N2C(C(=O)O)=C(Sc3ncc(N)s3)CC12. The molecule has 1 fully saturated rings. The summed E-state index contributed by atoms with van der Waals surface area (Å²) in [6.07, 6.45) is 1.93. The van der Waals surface area contributed by atoms with Gasteiger partial charge in [0.15, 0.2) is 4.34 Å². The number of aromatic nitrogens is 1. The van der Waals surface area contributed by atoms with Gasteiger partial charge in [-0.25, -0.2) is 9.78 Å². The van der Waals surface area contributed by atoms with Gasteiger partial charge >= 0.3 is 5.97 Å². The molecule has 0 aliphatic carbocycles. The van der Waals surface area contributed by atoms with Gasteiger partial charge in [-0.05, 0) is 13.8 Å². The Morgan fingerprint density at radius 2 is 2.27 bits per heavy atom. The molecule has 0 spiro atoms. The molecule has 2 unspecified atom stereocenters. The molecule has 2 atom stereocenters. The van der Waals surface area contributed by atoms with E-state index in [0.717, 1.165) is 0 Å². The number of hydrogen-bond acceptors (Lipinski definition) is 7. The van der Waals surface area contributed by atoms with E-state index in [-0.39, 0.29) is 17.6 Å². The number of β-lactam (4-membered cyclic amide) rings is 1. The van der Waals surface area contributed by atoms with E-state index < -0.39 is 17.5 Å². The zero-order chi connectivity index (χ0) is 16.2. The van der Waals surface area contributed by atoms with Crippen LogP contribution in [-0.2, 0) is 9.59 Å². The van der Waals surface area contributed by atoms with Gasteiger partial charge in [0.05, 0.1) is 23.8 Å². The molecule has 7 nitrogen and oxygen atoms in total. The molecule has 0 saturated carbocycles. The second kappa shape index (κ2) is 4.97. The van der Waals surface area contributed by atoms with Gasteiger partial charge in [-0.15, -0.1) is 0 Å². The monoisotopic (exact) mass is 341 g/mol. The third-order valence-corrected chi connectivity index (χ3v) is 5.80. The summed E-state index contributed by atoms with van der Waals surface area (Å²) in [5.74, 6) is -2.07. The average Bonchev–Trinajstić information content (AvgIpc) is 2.90. The molecular weight excluding hydrogens is 326 g/mol. The third-order valence-electron chi connectivity index (χ3n) is 3.80. The number of aliphatic hydroxyl groups is 1. The fourth-order valence-corrected chi connectivity index (χ4v) is 4.98. The number of fused-ring (bicyclic) bond motifs is 1. The number of amides is 1. The van der Waals surface area contributed by atoms with Crippen LogP contribution in [0.25, 0.3) is 0 Å². The number of nitrogens with two attached hydrogens (primary N) is 1. The van der Waals surface area contributed by atoms with Crippen molar-refractivity contribution in [3.05, 3.63) is 16.8 Å². The van der Waals surface area contributed by atoms with E-state index in [0.29, 0.717) is 20.7 Å². The summed E-state index contributed by atoms with van der Waals surface area (Å²) >= 11 is 2.49. The maximum absolute atomic E-state index is 12.2. The molecule has 2 aliphatic rings. The minimum Gasteiger partial charge on any atom is -0.477 e. The Kier molecular flexibility index (Phi) is 3.46. The summed E-state index contributed by atoms with van der Waals surface area (Å²) in [7, 11) is 0. The lowest BCUT2D eigenvalue weighted by Gasteiger charge is -2.48. The van der Waals surface area contributed by atoms with E-state index in [9.17, 15) is 19.8 Å². The number of anilines is 1. The first-order chi connectivity index (χ1) is 10.2. The maximum Gasteiger partial charge on any atom is 0.353 e. The molecule has 22 heavy (non-hydrogen) atoms. The quantitative estimate of drug-likeness (QED) is 0.702. The molecule has 4 N–H and O–H groups in total. The van der Waals surface area contributed by atoms with Crippen molar-refractivity contribution in [2.45, 2.75) is 36.3 Å². The maximum atomic E-state index is 12.2. The molecule has 0 aromatic carbocycles. The number of carboxylic acids is 1. The lowest BCUT2D eigenvalue weighted by molar-refractivity contribution is -0.169. The Hall–Kier alpha value is -1.58. The number of aliphatic carboxylic acids is 1. The van der Waals surface area contributed by atoms with Gasteiger partial charge in [-0.1, -0.05) is 23.1 Å². The number of carbonyl (C=O) groups excluding carboxylic acids is 1. The van der Waals surface area contributed by atoms with Crippen LogP contribution in [0.15, 0.2) is 21.1 Å². The largest absolute Gasteiger partial charge is 0.477 e. The normalized spacial score (nSPS) is 24.5. The van der Waals surface area contributed by atoms with Gasteiger partial charge in [0.1, 0.15) is 10.7 Å². The molecule has 0 bridgehead atoms. The van der Waals surface area contributed by atoms with Crippen LogP contribution < -0.4 is 5.73 Å². The Balaban J connectivity index is 1.90. The Morgan fingerprint density at radius 1 is 1.59 bits per heavy atom. The van der Waals surface area contributed by atoms with Gasteiger partial charge < -0.3 is 20.8 Å². The van der Waals surface area contributed by atoms with Crippen LogP contribution in [0, 0.1) is 5.92 Å². The number of nitrogens with zero attached hydrogens (tertiary/aromatic N) is 2. The Labute approximate surface area is 134 Å². The van der Waals surface area contributed by atoms with Crippen molar-refractivity contribution in [1.29, 1.82) is 0 Å². The summed E-state index contributed by atoms with van der Waals surface area (Å²) in [6, 6.07) is -0.307. The summed E-state index contributed by atoms with van der Waals surface area (Å²) in [4.78, 5) is 29.7. The fourth-order valence-electron chi connectivity index (χ4n) is 2.96. The van der Waals surface area contributed by atoms with Crippen LogP contribution in [0.2, 0.25) is 0 Å². The first kappa shape index (κ1) is 15.3. The van der Waals surface area contributed by atoms with Crippen LogP contribution >= 0.6 is 23.1 Å². The first-order valence-electron chi connectivity index (χ1n) is 6.61. The lowest BCUT2D eigenvalue weighted by atomic mass is 9.76. The molecular formula is C13H15N3O4S2. The van der Waals surface area contributed by atoms with Crippen molar-refractivity contribution in [3.63, 3.8) is 0 Å². The van der Waals surface area contributed by atoms with Crippen molar-refractivity contribution in [2.24, 2.45) is 5.92 Å². The first-order valence-corrected chi connectivity index (χ1v) is 8.24. The van der Waals surface area contributed by atoms with E-state index in [4.69, 9.17) is 5.73 Å². The smallest absolute Gasteiger partial charge is 0.353 e. The van der Waals surface area contributed by atoms with Crippen LogP contribution in [0.1, 0.15) is 20.3 Å². The molecule has 9 heteroatoms. The van der Waals surface area contributed by atoms with Gasteiger partial charge in [0.2, 0.25) is 5.91 Å². The second-order valence-electron chi connectivity index (χ2n) is 5.82. The fraction of sp³-hybridized carbons (Fsp3) is 0.462. The van der Waals surface area contributed by atoms with Gasteiger partial charge in [-0.3, -0.25) is 4.79 Å². The van der Waals surface area contributed by atoms with Crippen molar-refractivity contribution in [1.82, 2.24) is 9.88 Å². The van der Waals surface area contributed by atoms with Gasteiger partial charge in [-0.2, -0.15) is 0 Å². The summed E-state index contributed by atoms with van der Waals surface area (Å²) < 4.78 is 0.640. The number of thioether (sulfide) groups is 1. The molecule has 1 amide bonds. The van der Waals surface area contributed by atoms with Crippen molar-refractivity contribution < 1.29 is 19.8 Å². The predicted octanol–water partition coefficient (Wildman–Crippen LogP) is 1.12. The zero-order valence-electron chi connectivity index (χ0n) is 11.9. The number of carboxylic acid groups (broad SMARTS) is 1. The standard InChI is InChI=1S/C13H15N3O4S2/c1-13(2,20)8-5-3-6(21-12-15-4-7(14)22-12)9(11(18)19)16(5)10(8)17/h4-5,8,20H,3,14H2,1-2H3,(H,18,19). The number of hydrogen-bond donors (Lipinski definition) is 3. The second-order valence-corrected chi connectivity index (χ2v) is 8.22. The molecule has 2 aliphatic heterocycles. The van der Waals surface area contributed by atoms with Crippen LogP contribution in [0.4, 0.5) is 5.00 Å². The molecule has 0 radical (unpaired) electrons. The highest BCUT2D eigenvalue weighted by Crippen LogP contribution is 2.50. The summed E-state index contributed by atoms with van der Waals surface area (Å²) in [5, 5.41) is 20.1. The number of rotatable bonds is 4. The minimum absolute atomic E-state index is 0.00530. The highest BCUT2D eigenvalue weighted by atomic mass is 32.2.